The molecular formula is C11H15N3O5. The molecule has 1 amide bonds. The molecule has 1 atom stereocenters. The van der Waals surface area contributed by atoms with E-state index in [1.54, 1.807) is 6.92 Å². The molecule has 0 aliphatic heterocycles. The van der Waals surface area contributed by atoms with Gasteiger partial charge in [0, 0.05) is 26.2 Å². The zero-order chi connectivity index (χ0) is 14.6. The summed E-state index contributed by atoms with van der Waals surface area (Å²) in [7, 11) is 1.25. The van der Waals surface area contributed by atoms with Crippen molar-refractivity contribution in [2.24, 2.45) is 13.0 Å². The van der Waals surface area contributed by atoms with E-state index >= 15 is 0 Å². The average molecular weight is 269 g/mol. The van der Waals surface area contributed by atoms with E-state index < -0.39 is 23.1 Å². The van der Waals surface area contributed by atoms with E-state index in [1.165, 1.54) is 7.05 Å². The minimum Gasteiger partial charge on any atom is -0.481 e. The van der Waals surface area contributed by atoms with Crippen LogP contribution in [0.15, 0.2) is 15.8 Å². The van der Waals surface area contributed by atoms with Gasteiger partial charge in [0.2, 0.25) is 0 Å². The second-order valence-corrected chi connectivity index (χ2v) is 4.28. The first-order valence-corrected chi connectivity index (χ1v) is 5.61. The molecule has 0 spiro atoms. The molecule has 8 heteroatoms. The maximum absolute atomic E-state index is 11.7. The number of nitrogens with zero attached hydrogens (tertiary/aromatic N) is 1. The van der Waals surface area contributed by atoms with E-state index in [0.717, 1.165) is 10.8 Å². The summed E-state index contributed by atoms with van der Waals surface area (Å²) in [6.07, 6.45) is 0.964. The number of aromatic nitrogens is 2. The van der Waals surface area contributed by atoms with Crippen molar-refractivity contribution in [3.05, 3.63) is 32.6 Å². The molecule has 3 N–H and O–H groups in total. The van der Waals surface area contributed by atoms with Crippen LogP contribution in [0.3, 0.4) is 0 Å². The molecule has 0 aromatic carbocycles. The summed E-state index contributed by atoms with van der Waals surface area (Å²) in [4.78, 5) is 47.2. The lowest BCUT2D eigenvalue weighted by atomic mass is 10.1. The third-order valence-electron chi connectivity index (χ3n) is 2.56. The molecule has 8 nitrogen and oxygen atoms in total. The normalized spacial score (nSPS) is 11.9. The van der Waals surface area contributed by atoms with Gasteiger partial charge in [-0.15, -0.1) is 0 Å². The molecule has 0 fully saturated rings. The van der Waals surface area contributed by atoms with Gasteiger partial charge in [0.05, 0.1) is 0 Å². The standard InChI is InChI=1S/C11H15N3O5/c1-6(3-8(15)16)4-12-9(17)7-5-13-11(19)14(2)10(7)18/h5-6H,3-4H2,1-2H3,(H,12,17)(H,13,19)(H,15,16). The van der Waals surface area contributed by atoms with Crippen molar-refractivity contribution in [2.75, 3.05) is 6.54 Å². The molecule has 1 unspecified atom stereocenters. The smallest absolute Gasteiger partial charge is 0.328 e. The monoisotopic (exact) mass is 269 g/mol. The van der Waals surface area contributed by atoms with Crippen LogP contribution in [0.4, 0.5) is 0 Å². The molecule has 0 aliphatic rings. The Morgan fingerprint density at radius 1 is 1.47 bits per heavy atom. The quantitative estimate of drug-likeness (QED) is 0.627. The molecule has 1 aromatic heterocycles. The predicted octanol–water partition coefficient (Wildman–Crippen LogP) is -1.09. The van der Waals surface area contributed by atoms with E-state index in [1.807, 2.05) is 0 Å². The number of hydrogen-bond donors (Lipinski definition) is 3. The number of aromatic amines is 1. The van der Waals surface area contributed by atoms with Crippen LogP contribution in [-0.4, -0.2) is 33.1 Å². The first-order chi connectivity index (χ1) is 8.82. The Morgan fingerprint density at radius 2 is 2.11 bits per heavy atom. The number of amides is 1. The summed E-state index contributed by atoms with van der Waals surface area (Å²) in [5.74, 6) is -1.86. The Hall–Kier alpha value is -2.38. The van der Waals surface area contributed by atoms with Crippen molar-refractivity contribution >= 4 is 11.9 Å². The maximum Gasteiger partial charge on any atom is 0.328 e. The first-order valence-electron chi connectivity index (χ1n) is 5.61. The van der Waals surface area contributed by atoms with Gasteiger partial charge in [-0.25, -0.2) is 4.79 Å². The van der Waals surface area contributed by atoms with Crippen molar-refractivity contribution in [1.29, 1.82) is 0 Å². The molecule has 1 aromatic rings. The number of aliphatic carboxylic acids is 1. The molecule has 0 radical (unpaired) electrons. The fraction of sp³-hybridized carbons (Fsp3) is 0.455. The molecule has 0 aliphatic carbocycles. The molecule has 104 valence electrons. The van der Waals surface area contributed by atoms with Gasteiger partial charge >= 0.3 is 11.7 Å². The summed E-state index contributed by atoms with van der Waals surface area (Å²) < 4.78 is 0.787. The van der Waals surface area contributed by atoms with Gasteiger partial charge in [-0.2, -0.15) is 0 Å². The highest BCUT2D eigenvalue weighted by molar-refractivity contribution is 5.93. The maximum atomic E-state index is 11.7. The Bertz CT molecular complexity index is 601. The molecule has 0 saturated heterocycles. The summed E-state index contributed by atoms with van der Waals surface area (Å²) in [5, 5.41) is 11.0. The minimum absolute atomic E-state index is 0.0795. The number of H-pyrrole nitrogens is 1. The van der Waals surface area contributed by atoms with Gasteiger partial charge in [0.1, 0.15) is 5.56 Å². The molecule has 1 heterocycles. The van der Waals surface area contributed by atoms with Gasteiger partial charge in [0.25, 0.3) is 11.5 Å². The fourth-order valence-electron chi connectivity index (χ4n) is 1.46. The van der Waals surface area contributed by atoms with Crippen LogP contribution < -0.4 is 16.6 Å². The Labute approximate surface area is 108 Å². The SMILES string of the molecule is CC(CNC(=O)c1c[nH]c(=O)n(C)c1=O)CC(=O)O. The van der Waals surface area contributed by atoms with Crippen molar-refractivity contribution in [3.8, 4) is 0 Å². The van der Waals surface area contributed by atoms with E-state index in [0.29, 0.717) is 0 Å². The van der Waals surface area contributed by atoms with Gasteiger partial charge in [-0.3, -0.25) is 19.0 Å². The summed E-state index contributed by atoms with van der Waals surface area (Å²) in [6, 6.07) is 0. The predicted molar refractivity (Wildman–Crippen MR) is 66.1 cm³/mol. The van der Waals surface area contributed by atoms with Crippen LogP contribution in [0.25, 0.3) is 0 Å². The number of carbonyl (C=O) groups is 2. The third-order valence-corrected chi connectivity index (χ3v) is 2.56. The number of carbonyl (C=O) groups excluding carboxylic acids is 1. The highest BCUT2D eigenvalue weighted by atomic mass is 16.4. The van der Waals surface area contributed by atoms with E-state index in [-0.39, 0.29) is 24.4 Å². The second-order valence-electron chi connectivity index (χ2n) is 4.28. The lowest BCUT2D eigenvalue weighted by Gasteiger charge is -2.10. The van der Waals surface area contributed by atoms with Crippen molar-refractivity contribution in [1.82, 2.24) is 14.9 Å². The largest absolute Gasteiger partial charge is 0.481 e. The minimum atomic E-state index is -0.957. The molecule has 0 bridgehead atoms. The van der Waals surface area contributed by atoms with Crippen molar-refractivity contribution < 1.29 is 14.7 Å². The summed E-state index contributed by atoms with van der Waals surface area (Å²) in [6.45, 7) is 1.80. The van der Waals surface area contributed by atoms with Crippen LogP contribution >= 0.6 is 0 Å². The van der Waals surface area contributed by atoms with Gasteiger partial charge < -0.3 is 15.4 Å². The second kappa shape index (κ2) is 5.98. The molecule has 0 saturated carbocycles. The molecule has 19 heavy (non-hydrogen) atoms. The number of rotatable bonds is 5. The topological polar surface area (TPSA) is 121 Å². The number of nitrogens with one attached hydrogen (secondary N) is 2. The number of carboxylic acids is 1. The summed E-state index contributed by atoms with van der Waals surface area (Å²) >= 11 is 0. The highest BCUT2D eigenvalue weighted by Gasteiger charge is 2.14. The zero-order valence-corrected chi connectivity index (χ0v) is 10.6. The van der Waals surface area contributed by atoms with Gasteiger partial charge in [-0.05, 0) is 5.92 Å². The van der Waals surface area contributed by atoms with E-state index in [2.05, 4.69) is 10.3 Å². The Kier molecular flexibility index (Phi) is 4.62. The molecule has 1 rings (SSSR count). The van der Waals surface area contributed by atoms with Gasteiger partial charge in [-0.1, -0.05) is 6.92 Å². The van der Waals surface area contributed by atoms with Crippen LogP contribution in [-0.2, 0) is 11.8 Å². The third kappa shape index (κ3) is 3.80. The van der Waals surface area contributed by atoms with Crippen molar-refractivity contribution in [3.63, 3.8) is 0 Å². The Morgan fingerprint density at radius 3 is 2.68 bits per heavy atom. The van der Waals surface area contributed by atoms with Crippen LogP contribution in [0, 0.1) is 5.92 Å². The van der Waals surface area contributed by atoms with E-state index in [4.69, 9.17) is 5.11 Å². The van der Waals surface area contributed by atoms with Crippen molar-refractivity contribution in [2.45, 2.75) is 13.3 Å². The number of carboxylic acid groups (broad SMARTS) is 1. The molecular weight excluding hydrogens is 254 g/mol. The Balaban J connectivity index is 2.75. The zero-order valence-electron chi connectivity index (χ0n) is 10.6. The van der Waals surface area contributed by atoms with Crippen LogP contribution in [0.5, 0.6) is 0 Å². The lowest BCUT2D eigenvalue weighted by Crippen LogP contribution is -2.40. The number of hydrogen-bond acceptors (Lipinski definition) is 4. The first kappa shape index (κ1) is 14.7. The van der Waals surface area contributed by atoms with Gasteiger partial charge in [0.15, 0.2) is 0 Å². The average Bonchev–Trinajstić information content (AvgIpc) is 2.32. The van der Waals surface area contributed by atoms with Crippen LogP contribution in [0.2, 0.25) is 0 Å². The van der Waals surface area contributed by atoms with E-state index in [9.17, 15) is 19.2 Å². The lowest BCUT2D eigenvalue weighted by molar-refractivity contribution is -0.137. The summed E-state index contributed by atoms with van der Waals surface area (Å²) in [5.41, 5.74) is -1.50. The fourth-order valence-corrected chi connectivity index (χ4v) is 1.46. The van der Waals surface area contributed by atoms with Crippen LogP contribution in [0.1, 0.15) is 23.7 Å². The highest BCUT2D eigenvalue weighted by Crippen LogP contribution is 1.99.